The predicted octanol–water partition coefficient (Wildman–Crippen LogP) is 2.55. The molecule has 9 heteroatoms. The van der Waals surface area contributed by atoms with Crippen molar-refractivity contribution in [2.24, 2.45) is 11.8 Å². The second-order valence-electron chi connectivity index (χ2n) is 5.92. The molecular weight excluding hydrogens is 337 g/mol. The Morgan fingerprint density at radius 3 is 2.48 bits per heavy atom. The summed E-state index contributed by atoms with van der Waals surface area (Å²) in [5.74, 6) is -4.24. The Kier molecular flexibility index (Phi) is 4.32. The van der Waals surface area contributed by atoms with Crippen LogP contribution in [0.4, 0.5) is 19.0 Å². The van der Waals surface area contributed by atoms with E-state index >= 15 is 0 Å². The molecule has 1 N–H and O–H groups in total. The summed E-state index contributed by atoms with van der Waals surface area (Å²) >= 11 is 0. The van der Waals surface area contributed by atoms with Gasteiger partial charge >= 0.3 is 12.1 Å². The van der Waals surface area contributed by atoms with Crippen LogP contribution in [0.3, 0.4) is 0 Å². The zero-order valence-electron chi connectivity index (χ0n) is 13.2. The van der Waals surface area contributed by atoms with E-state index in [1.807, 2.05) is 0 Å². The van der Waals surface area contributed by atoms with E-state index in [1.165, 1.54) is 4.90 Å². The molecule has 3 heterocycles. The minimum Gasteiger partial charge on any atom is -0.481 e. The Bertz CT molecular complexity index is 783. The summed E-state index contributed by atoms with van der Waals surface area (Å²) in [5, 5.41) is 9.13. The molecule has 1 aliphatic rings. The van der Waals surface area contributed by atoms with Crippen molar-refractivity contribution in [1.82, 2.24) is 15.0 Å². The van der Waals surface area contributed by atoms with E-state index < -0.39 is 30.5 Å². The molecule has 2 aromatic heterocycles. The van der Waals surface area contributed by atoms with Gasteiger partial charge in [-0.15, -0.1) is 0 Å². The maximum atomic E-state index is 13.2. The van der Waals surface area contributed by atoms with E-state index in [0.29, 0.717) is 17.1 Å². The third kappa shape index (κ3) is 3.54. The maximum absolute atomic E-state index is 13.2. The van der Waals surface area contributed by atoms with Crippen molar-refractivity contribution >= 4 is 11.8 Å². The number of anilines is 1. The van der Waals surface area contributed by atoms with E-state index in [0.717, 1.165) is 0 Å². The third-order valence-electron chi connectivity index (χ3n) is 4.16. The molecule has 0 unspecified atom stereocenters. The number of aromatic nitrogens is 3. The summed E-state index contributed by atoms with van der Waals surface area (Å²) in [6.07, 6.45) is -1.44. The van der Waals surface area contributed by atoms with Gasteiger partial charge in [0, 0.05) is 42.8 Å². The lowest BCUT2D eigenvalue weighted by atomic mass is 9.96. The highest BCUT2D eigenvalue weighted by Crippen LogP contribution is 2.39. The second-order valence-corrected chi connectivity index (χ2v) is 5.92. The van der Waals surface area contributed by atoms with Crippen molar-refractivity contribution in [1.29, 1.82) is 0 Å². The van der Waals surface area contributed by atoms with E-state index in [9.17, 15) is 18.0 Å². The highest BCUT2D eigenvalue weighted by Gasteiger charge is 2.52. The van der Waals surface area contributed by atoms with Gasteiger partial charge in [-0.1, -0.05) is 0 Å². The van der Waals surface area contributed by atoms with Crippen LogP contribution in [0.1, 0.15) is 5.69 Å². The van der Waals surface area contributed by atoms with Crippen molar-refractivity contribution < 1.29 is 23.1 Å². The van der Waals surface area contributed by atoms with Crippen LogP contribution in [0.25, 0.3) is 11.4 Å². The molecule has 2 aromatic rings. The van der Waals surface area contributed by atoms with Crippen LogP contribution in [-0.2, 0) is 4.79 Å². The molecule has 3 rings (SSSR count). The van der Waals surface area contributed by atoms with Crippen LogP contribution in [0.5, 0.6) is 0 Å². The Hall–Kier alpha value is -2.71. The van der Waals surface area contributed by atoms with Gasteiger partial charge in [-0.05, 0) is 19.1 Å². The van der Waals surface area contributed by atoms with E-state index in [-0.39, 0.29) is 12.4 Å². The maximum Gasteiger partial charge on any atom is 0.394 e. The summed E-state index contributed by atoms with van der Waals surface area (Å²) in [5.41, 5.74) is 1.26. The smallest absolute Gasteiger partial charge is 0.394 e. The molecule has 0 radical (unpaired) electrons. The Morgan fingerprint density at radius 1 is 1.24 bits per heavy atom. The first kappa shape index (κ1) is 17.1. The summed E-state index contributed by atoms with van der Waals surface area (Å²) < 4.78 is 39.5. The second kappa shape index (κ2) is 6.30. The van der Waals surface area contributed by atoms with Gasteiger partial charge in [0.2, 0.25) is 0 Å². The van der Waals surface area contributed by atoms with Crippen LogP contribution in [0.15, 0.2) is 30.6 Å². The number of hydrogen-bond acceptors (Lipinski definition) is 5. The predicted molar refractivity (Wildman–Crippen MR) is 82.9 cm³/mol. The Labute approximate surface area is 141 Å². The van der Waals surface area contributed by atoms with E-state index in [1.54, 1.807) is 37.5 Å². The van der Waals surface area contributed by atoms with Crippen LogP contribution in [0.2, 0.25) is 0 Å². The zero-order valence-corrected chi connectivity index (χ0v) is 13.2. The van der Waals surface area contributed by atoms with E-state index in [2.05, 4.69) is 15.0 Å². The highest BCUT2D eigenvalue weighted by atomic mass is 19.4. The first-order valence-electron chi connectivity index (χ1n) is 7.56. The minimum absolute atomic E-state index is 0.244. The molecular formula is C16H15F3N4O2. The van der Waals surface area contributed by atoms with Crippen molar-refractivity contribution in [3.63, 3.8) is 0 Å². The average molecular weight is 352 g/mol. The van der Waals surface area contributed by atoms with Gasteiger partial charge in [0.25, 0.3) is 0 Å². The molecule has 0 bridgehead atoms. The number of aryl methyl sites for hydroxylation is 1. The number of carbonyl (C=O) groups is 1. The summed E-state index contributed by atoms with van der Waals surface area (Å²) in [4.78, 5) is 25.1. The lowest BCUT2D eigenvalue weighted by molar-refractivity contribution is -0.187. The van der Waals surface area contributed by atoms with Crippen LogP contribution >= 0.6 is 0 Å². The highest BCUT2D eigenvalue weighted by molar-refractivity contribution is 5.72. The first-order chi connectivity index (χ1) is 11.8. The lowest BCUT2D eigenvalue weighted by Gasteiger charge is -2.19. The number of carboxylic acids is 1. The summed E-state index contributed by atoms with van der Waals surface area (Å²) in [7, 11) is 0. The van der Waals surface area contributed by atoms with Crippen molar-refractivity contribution in [2.45, 2.75) is 13.1 Å². The molecule has 1 fully saturated rings. The summed E-state index contributed by atoms with van der Waals surface area (Å²) in [6, 6.07) is 4.95. The SMILES string of the molecule is Cc1cc(N2C[C@@H](C(F)(F)F)[C@H](C(=O)O)C2)nc(-c2ccncc2)n1. The number of carboxylic acid groups (broad SMARTS) is 1. The van der Waals surface area contributed by atoms with Crippen LogP contribution in [-0.4, -0.2) is 45.3 Å². The quantitative estimate of drug-likeness (QED) is 0.915. The van der Waals surface area contributed by atoms with Gasteiger partial charge < -0.3 is 10.0 Å². The van der Waals surface area contributed by atoms with Crippen molar-refractivity contribution in [3.8, 4) is 11.4 Å². The summed E-state index contributed by atoms with van der Waals surface area (Å²) in [6.45, 7) is 1.03. The number of hydrogen-bond donors (Lipinski definition) is 1. The molecule has 25 heavy (non-hydrogen) atoms. The van der Waals surface area contributed by atoms with Crippen molar-refractivity contribution in [2.75, 3.05) is 18.0 Å². The molecule has 0 saturated carbocycles. The minimum atomic E-state index is -4.58. The number of pyridine rings is 1. The van der Waals surface area contributed by atoms with Crippen LogP contribution < -0.4 is 4.90 Å². The molecule has 6 nitrogen and oxygen atoms in total. The largest absolute Gasteiger partial charge is 0.481 e. The molecule has 2 atom stereocenters. The Balaban J connectivity index is 1.95. The number of nitrogens with zero attached hydrogens (tertiary/aromatic N) is 4. The fourth-order valence-corrected chi connectivity index (χ4v) is 2.92. The molecule has 132 valence electrons. The monoisotopic (exact) mass is 352 g/mol. The standard InChI is InChI=1S/C16H15F3N4O2/c1-9-6-13(22-14(21-9)10-2-4-20-5-3-10)23-7-11(15(24)25)12(8-23)16(17,18)19/h2-6,11-12H,7-8H2,1H3,(H,24,25)/t11-,12-/m1/s1. The molecule has 1 aliphatic heterocycles. The Morgan fingerprint density at radius 2 is 1.92 bits per heavy atom. The number of rotatable bonds is 3. The van der Waals surface area contributed by atoms with Gasteiger partial charge in [0.15, 0.2) is 5.82 Å². The number of aliphatic carboxylic acids is 1. The van der Waals surface area contributed by atoms with Gasteiger partial charge in [-0.2, -0.15) is 13.2 Å². The van der Waals surface area contributed by atoms with Crippen molar-refractivity contribution in [3.05, 3.63) is 36.3 Å². The third-order valence-corrected chi connectivity index (χ3v) is 4.16. The molecule has 0 aliphatic carbocycles. The molecule has 0 spiro atoms. The molecule has 0 amide bonds. The molecule has 1 saturated heterocycles. The number of alkyl halides is 3. The number of halogens is 3. The normalized spacial score (nSPS) is 20.7. The van der Waals surface area contributed by atoms with E-state index in [4.69, 9.17) is 5.11 Å². The van der Waals surface area contributed by atoms with Gasteiger partial charge in [0.1, 0.15) is 5.82 Å². The van der Waals surface area contributed by atoms with Gasteiger partial charge in [-0.3, -0.25) is 9.78 Å². The molecule has 0 aromatic carbocycles. The van der Waals surface area contributed by atoms with Gasteiger partial charge in [-0.25, -0.2) is 9.97 Å². The lowest BCUT2D eigenvalue weighted by Crippen LogP contribution is -2.33. The fraction of sp³-hybridized carbons (Fsp3) is 0.375. The van der Waals surface area contributed by atoms with Crippen LogP contribution in [0, 0.1) is 18.8 Å². The first-order valence-corrected chi connectivity index (χ1v) is 7.56. The average Bonchev–Trinajstić information content (AvgIpc) is 3.01. The zero-order chi connectivity index (χ0) is 18.2. The fourth-order valence-electron chi connectivity index (χ4n) is 2.92. The van der Waals surface area contributed by atoms with Gasteiger partial charge in [0.05, 0.1) is 11.8 Å². The topological polar surface area (TPSA) is 79.2 Å².